The quantitative estimate of drug-likeness (QED) is 0.658. The molecule has 152 valence electrons. The fourth-order valence-corrected chi connectivity index (χ4v) is 3.50. The number of aromatic nitrogens is 7. The van der Waals surface area contributed by atoms with Gasteiger partial charge in [0.1, 0.15) is 12.6 Å². The van der Waals surface area contributed by atoms with Gasteiger partial charge in [-0.05, 0) is 43.0 Å². The molecule has 4 rings (SSSR count). The van der Waals surface area contributed by atoms with Crippen LogP contribution in [0.4, 0.5) is 0 Å². The number of nitrogens with zero attached hydrogens (tertiary/aromatic N) is 8. The van der Waals surface area contributed by atoms with E-state index in [2.05, 4.69) is 49.2 Å². The van der Waals surface area contributed by atoms with E-state index in [0.29, 0.717) is 25.0 Å². The third kappa shape index (κ3) is 3.88. The first kappa shape index (κ1) is 19.2. The summed E-state index contributed by atoms with van der Waals surface area (Å²) in [4.78, 5) is 29.2. The maximum Gasteiger partial charge on any atom is 0.245 e. The van der Waals surface area contributed by atoms with Crippen molar-refractivity contribution in [3.8, 4) is 0 Å². The van der Waals surface area contributed by atoms with Crippen molar-refractivity contribution < 1.29 is 4.79 Å². The Morgan fingerprint density at radius 3 is 3.03 bits per heavy atom. The number of carbonyl (C=O) groups is 1. The van der Waals surface area contributed by atoms with E-state index in [-0.39, 0.29) is 18.5 Å². The van der Waals surface area contributed by atoms with Crippen LogP contribution in [0.5, 0.6) is 0 Å². The average molecular weight is 395 g/mol. The van der Waals surface area contributed by atoms with E-state index >= 15 is 0 Å². The summed E-state index contributed by atoms with van der Waals surface area (Å²) in [6.45, 7) is 5.47. The Balaban J connectivity index is 1.58. The van der Waals surface area contributed by atoms with Crippen LogP contribution in [0.1, 0.15) is 42.7 Å². The minimum absolute atomic E-state index is 0.0479. The van der Waals surface area contributed by atoms with Gasteiger partial charge in [0.2, 0.25) is 5.91 Å². The summed E-state index contributed by atoms with van der Waals surface area (Å²) in [6, 6.07) is 3.93. The monoisotopic (exact) mass is 395 g/mol. The summed E-state index contributed by atoms with van der Waals surface area (Å²) < 4.78 is 1.58. The van der Waals surface area contributed by atoms with Crippen molar-refractivity contribution in [2.24, 2.45) is 0 Å². The van der Waals surface area contributed by atoms with Crippen LogP contribution < -0.4 is 0 Å². The molecule has 10 nitrogen and oxygen atoms in total. The Hall–Kier alpha value is -3.14. The number of carbonyl (C=O) groups excluding carboxylic acids is 1. The van der Waals surface area contributed by atoms with E-state index in [1.165, 1.54) is 0 Å². The lowest BCUT2D eigenvalue weighted by molar-refractivity contribution is -0.134. The SMILES string of the molecule is CC(C)N(C)Cc1nnnn1CC(=O)N1CCc2[nH]cnc2C1c1cccnc1. The third-order valence-corrected chi connectivity index (χ3v) is 5.41. The molecule has 1 aliphatic heterocycles. The minimum atomic E-state index is -0.274. The Kier molecular flexibility index (Phi) is 5.34. The second-order valence-corrected chi connectivity index (χ2v) is 7.55. The molecule has 0 aliphatic carbocycles. The van der Waals surface area contributed by atoms with Gasteiger partial charge in [-0.25, -0.2) is 9.67 Å². The molecule has 0 saturated carbocycles. The van der Waals surface area contributed by atoms with Crippen molar-refractivity contribution >= 4 is 5.91 Å². The van der Waals surface area contributed by atoms with Gasteiger partial charge in [0.25, 0.3) is 0 Å². The van der Waals surface area contributed by atoms with Gasteiger partial charge in [-0.2, -0.15) is 0 Å². The Morgan fingerprint density at radius 1 is 1.41 bits per heavy atom. The lowest BCUT2D eigenvalue weighted by Gasteiger charge is -2.35. The largest absolute Gasteiger partial charge is 0.348 e. The topological polar surface area (TPSA) is 109 Å². The predicted molar refractivity (Wildman–Crippen MR) is 105 cm³/mol. The predicted octanol–water partition coefficient (Wildman–Crippen LogP) is 0.806. The molecular weight excluding hydrogens is 370 g/mol. The fraction of sp³-hybridized carbons (Fsp3) is 0.474. The highest BCUT2D eigenvalue weighted by Crippen LogP contribution is 2.33. The molecule has 1 aliphatic rings. The zero-order valence-corrected chi connectivity index (χ0v) is 16.9. The summed E-state index contributed by atoms with van der Waals surface area (Å²) in [5, 5.41) is 11.9. The molecule has 4 heterocycles. The Bertz CT molecular complexity index is 965. The number of hydrogen-bond acceptors (Lipinski definition) is 7. The van der Waals surface area contributed by atoms with Crippen molar-refractivity contribution in [3.05, 3.63) is 53.6 Å². The van der Waals surface area contributed by atoms with Crippen molar-refractivity contribution in [2.45, 2.75) is 45.4 Å². The van der Waals surface area contributed by atoms with E-state index < -0.39 is 0 Å². The summed E-state index contributed by atoms with van der Waals surface area (Å²) in [5.74, 6) is 0.623. The van der Waals surface area contributed by atoms with E-state index in [0.717, 1.165) is 23.4 Å². The van der Waals surface area contributed by atoms with Crippen molar-refractivity contribution in [2.75, 3.05) is 13.6 Å². The van der Waals surface area contributed by atoms with Crippen LogP contribution in [-0.4, -0.2) is 70.5 Å². The van der Waals surface area contributed by atoms with E-state index in [4.69, 9.17) is 0 Å². The highest BCUT2D eigenvalue weighted by Gasteiger charge is 2.34. The van der Waals surface area contributed by atoms with Gasteiger partial charge in [0.15, 0.2) is 5.82 Å². The molecule has 1 atom stereocenters. The molecule has 29 heavy (non-hydrogen) atoms. The summed E-state index contributed by atoms with van der Waals surface area (Å²) >= 11 is 0. The summed E-state index contributed by atoms with van der Waals surface area (Å²) in [7, 11) is 2.01. The minimum Gasteiger partial charge on any atom is -0.348 e. The lowest BCUT2D eigenvalue weighted by atomic mass is 9.97. The number of nitrogens with one attached hydrogen (secondary N) is 1. The smallest absolute Gasteiger partial charge is 0.245 e. The molecule has 1 amide bonds. The fourth-order valence-electron chi connectivity index (χ4n) is 3.50. The van der Waals surface area contributed by atoms with Crippen LogP contribution in [0.3, 0.4) is 0 Å². The van der Waals surface area contributed by atoms with Crippen LogP contribution in [0.25, 0.3) is 0 Å². The number of H-pyrrole nitrogens is 1. The van der Waals surface area contributed by atoms with Crippen LogP contribution >= 0.6 is 0 Å². The second-order valence-electron chi connectivity index (χ2n) is 7.55. The van der Waals surface area contributed by atoms with Gasteiger partial charge < -0.3 is 9.88 Å². The van der Waals surface area contributed by atoms with Gasteiger partial charge in [0.05, 0.1) is 18.6 Å². The lowest BCUT2D eigenvalue weighted by Crippen LogP contribution is -2.42. The van der Waals surface area contributed by atoms with Crippen molar-refractivity contribution in [1.29, 1.82) is 0 Å². The van der Waals surface area contributed by atoms with Crippen LogP contribution in [0, 0.1) is 0 Å². The number of hydrogen-bond donors (Lipinski definition) is 1. The molecule has 0 saturated heterocycles. The van der Waals surface area contributed by atoms with E-state index in [1.54, 1.807) is 23.4 Å². The molecule has 0 radical (unpaired) electrons. The summed E-state index contributed by atoms with van der Waals surface area (Å²) in [6.07, 6.45) is 5.93. The number of aromatic amines is 1. The highest BCUT2D eigenvalue weighted by atomic mass is 16.2. The highest BCUT2D eigenvalue weighted by molar-refractivity contribution is 5.77. The number of imidazole rings is 1. The van der Waals surface area contributed by atoms with E-state index in [1.807, 2.05) is 24.1 Å². The van der Waals surface area contributed by atoms with Gasteiger partial charge in [-0.1, -0.05) is 6.07 Å². The first-order valence-corrected chi connectivity index (χ1v) is 9.71. The molecule has 0 bridgehead atoms. The Labute approximate surface area is 169 Å². The number of pyridine rings is 1. The molecule has 0 spiro atoms. The number of tetrazole rings is 1. The molecule has 1 unspecified atom stereocenters. The zero-order chi connectivity index (χ0) is 20.4. The average Bonchev–Trinajstić information content (AvgIpc) is 3.37. The number of fused-ring (bicyclic) bond motifs is 1. The van der Waals surface area contributed by atoms with Gasteiger partial charge in [-0.15, -0.1) is 5.10 Å². The molecular formula is C19H25N9O. The number of amides is 1. The zero-order valence-electron chi connectivity index (χ0n) is 16.9. The maximum atomic E-state index is 13.3. The number of rotatable bonds is 6. The molecule has 1 N–H and O–H groups in total. The van der Waals surface area contributed by atoms with Crippen molar-refractivity contribution in [3.63, 3.8) is 0 Å². The molecule has 10 heteroatoms. The van der Waals surface area contributed by atoms with Crippen LogP contribution in [-0.2, 0) is 24.3 Å². The molecule has 0 fully saturated rings. The third-order valence-electron chi connectivity index (χ3n) is 5.41. The van der Waals surface area contributed by atoms with Gasteiger partial charge >= 0.3 is 0 Å². The summed E-state index contributed by atoms with van der Waals surface area (Å²) in [5.41, 5.74) is 2.86. The molecule has 3 aromatic heterocycles. The van der Waals surface area contributed by atoms with Crippen molar-refractivity contribution in [1.82, 2.24) is 45.0 Å². The van der Waals surface area contributed by atoms with E-state index in [9.17, 15) is 4.79 Å². The normalized spacial score (nSPS) is 16.4. The maximum absolute atomic E-state index is 13.3. The second kappa shape index (κ2) is 8.08. The van der Waals surface area contributed by atoms with Gasteiger partial charge in [-0.3, -0.25) is 14.7 Å². The molecule has 0 aromatic carbocycles. The molecule has 3 aromatic rings. The van der Waals surface area contributed by atoms with Crippen LogP contribution in [0.2, 0.25) is 0 Å². The first-order valence-electron chi connectivity index (χ1n) is 9.71. The first-order chi connectivity index (χ1) is 14.0. The van der Waals surface area contributed by atoms with Gasteiger partial charge in [0, 0.05) is 37.1 Å². The Morgan fingerprint density at radius 2 is 2.28 bits per heavy atom. The van der Waals surface area contributed by atoms with Crippen LogP contribution in [0.15, 0.2) is 30.9 Å². The standard InChI is InChI=1S/C19H25N9O/c1-13(2)26(3)10-16-23-24-25-28(16)11-17(29)27-8-6-15-18(22-12-21-15)19(27)14-5-4-7-20-9-14/h4-5,7,9,12-13,19H,6,8,10-11H2,1-3H3,(H,21,22).